The molecular weight excluding hydrogens is 404 g/mol. The predicted molar refractivity (Wildman–Crippen MR) is 128 cm³/mol. The van der Waals surface area contributed by atoms with Gasteiger partial charge in [0, 0.05) is 26.4 Å². The van der Waals surface area contributed by atoms with Gasteiger partial charge >= 0.3 is 6.09 Å². The van der Waals surface area contributed by atoms with Gasteiger partial charge in [0.2, 0.25) is 0 Å². The third kappa shape index (κ3) is 4.93. The molecule has 1 saturated heterocycles. The molecule has 0 aliphatic carbocycles. The Morgan fingerprint density at radius 2 is 2.12 bits per heavy atom. The molecule has 1 fully saturated rings. The number of para-hydroxylation sites is 1. The quantitative estimate of drug-likeness (QED) is 0.571. The van der Waals surface area contributed by atoms with Crippen LogP contribution in [0.1, 0.15) is 33.2 Å². The van der Waals surface area contributed by atoms with Crippen LogP contribution < -0.4 is 10.2 Å². The molecule has 7 heteroatoms. The van der Waals surface area contributed by atoms with E-state index in [2.05, 4.69) is 28.4 Å². The standard InChI is InChI=1S/C25H30N4O3.H2/c1-3-13-32-25(31)26-15-18-7-6-12-29(16-18)24-19-11-10-17(2)14-21(19)27-23(28-24)20-8-4-5-9-22(20)30;/h4-5,8-11,14,18,30H,3,6-7,12-13,15-16H2,1-2H3,(H,26,31);1H/t18-;/m0./s1. The Hall–Kier alpha value is -3.35. The molecule has 0 unspecified atom stereocenters. The second kappa shape index (κ2) is 9.85. The number of aromatic hydroxyl groups is 1. The third-order valence-electron chi connectivity index (χ3n) is 5.77. The average molecular weight is 437 g/mol. The molecule has 1 aromatic heterocycles. The predicted octanol–water partition coefficient (Wildman–Crippen LogP) is 4.91. The summed E-state index contributed by atoms with van der Waals surface area (Å²) in [5.74, 6) is 1.85. The molecule has 2 heterocycles. The highest BCUT2D eigenvalue weighted by molar-refractivity contribution is 5.92. The van der Waals surface area contributed by atoms with Crippen LogP contribution in [0.3, 0.4) is 0 Å². The minimum Gasteiger partial charge on any atom is -0.507 e. The summed E-state index contributed by atoms with van der Waals surface area (Å²) >= 11 is 0. The summed E-state index contributed by atoms with van der Waals surface area (Å²) in [7, 11) is 0. The van der Waals surface area contributed by atoms with Crippen LogP contribution in [0, 0.1) is 12.8 Å². The highest BCUT2D eigenvalue weighted by atomic mass is 16.5. The number of anilines is 1. The Bertz CT molecular complexity index is 1110. The number of nitrogens with one attached hydrogen (secondary N) is 1. The summed E-state index contributed by atoms with van der Waals surface area (Å²) in [4.78, 5) is 23.8. The summed E-state index contributed by atoms with van der Waals surface area (Å²) in [6, 6.07) is 13.3. The molecule has 1 atom stereocenters. The van der Waals surface area contributed by atoms with Gasteiger partial charge in [-0.25, -0.2) is 14.8 Å². The summed E-state index contributed by atoms with van der Waals surface area (Å²) < 4.78 is 5.13. The van der Waals surface area contributed by atoms with Crippen molar-refractivity contribution in [3.63, 3.8) is 0 Å². The number of benzene rings is 2. The fourth-order valence-electron chi connectivity index (χ4n) is 4.14. The van der Waals surface area contributed by atoms with Crippen LogP contribution in [-0.2, 0) is 4.74 Å². The second-order valence-corrected chi connectivity index (χ2v) is 8.38. The number of phenols is 1. The number of aryl methyl sites for hydroxylation is 1. The molecule has 32 heavy (non-hydrogen) atoms. The normalized spacial score (nSPS) is 16.2. The number of carbonyl (C=O) groups is 1. The summed E-state index contributed by atoms with van der Waals surface area (Å²) in [5, 5.41) is 14.3. The van der Waals surface area contributed by atoms with Crippen LogP contribution in [-0.4, -0.2) is 47.4 Å². The third-order valence-corrected chi connectivity index (χ3v) is 5.77. The number of piperidine rings is 1. The lowest BCUT2D eigenvalue weighted by Crippen LogP contribution is -2.41. The van der Waals surface area contributed by atoms with Crippen LogP contribution in [0.5, 0.6) is 5.75 Å². The van der Waals surface area contributed by atoms with E-state index in [1.54, 1.807) is 12.1 Å². The number of phenolic OH excluding ortho intramolecular Hbond substituents is 1. The van der Waals surface area contributed by atoms with Crippen LogP contribution in [0.4, 0.5) is 10.6 Å². The highest BCUT2D eigenvalue weighted by Gasteiger charge is 2.24. The summed E-state index contributed by atoms with van der Waals surface area (Å²) in [6.45, 7) is 6.70. The molecule has 2 N–H and O–H groups in total. The van der Waals surface area contributed by atoms with Gasteiger partial charge in [0.1, 0.15) is 11.6 Å². The van der Waals surface area contributed by atoms with Crippen LogP contribution in [0.15, 0.2) is 42.5 Å². The number of ether oxygens (including phenoxy) is 1. The van der Waals surface area contributed by atoms with Gasteiger partial charge in [-0.15, -0.1) is 0 Å². The Kier molecular flexibility index (Phi) is 6.73. The molecule has 2 aromatic carbocycles. The number of fused-ring (bicyclic) bond motifs is 1. The molecule has 1 aliphatic heterocycles. The minimum absolute atomic E-state index is 0. The van der Waals surface area contributed by atoms with E-state index < -0.39 is 0 Å². The topological polar surface area (TPSA) is 87.6 Å². The van der Waals surface area contributed by atoms with E-state index in [0.29, 0.717) is 30.5 Å². The zero-order valence-electron chi connectivity index (χ0n) is 18.7. The average Bonchev–Trinajstić information content (AvgIpc) is 2.81. The van der Waals surface area contributed by atoms with E-state index in [-0.39, 0.29) is 13.3 Å². The van der Waals surface area contributed by atoms with Crippen molar-refractivity contribution in [3.8, 4) is 17.1 Å². The Balaban J connectivity index is 0.00000306. The number of nitrogens with zero attached hydrogens (tertiary/aromatic N) is 3. The van der Waals surface area contributed by atoms with E-state index in [9.17, 15) is 9.90 Å². The van der Waals surface area contributed by atoms with Crippen molar-refractivity contribution in [2.45, 2.75) is 33.1 Å². The Morgan fingerprint density at radius 1 is 1.28 bits per heavy atom. The van der Waals surface area contributed by atoms with Crippen molar-refractivity contribution in [2.75, 3.05) is 31.1 Å². The molecule has 170 valence electrons. The number of hydrogen-bond donors (Lipinski definition) is 2. The monoisotopic (exact) mass is 436 g/mol. The molecule has 1 amide bonds. The second-order valence-electron chi connectivity index (χ2n) is 8.38. The smallest absolute Gasteiger partial charge is 0.407 e. The van der Waals surface area contributed by atoms with Crippen molar-refractivity contribution in [1.29, 1.82) is 0 Å². The van der Waals surface area contributed by atoms with E-state index in [1.807, 2.05) is 26.0 Å². The van der Waals surface area contributed by atoms with Crippen molar-refractivity contribution >= 4 is 22.8 Å². The van der Waals surface area contributed by atoms with E-state index >= 15 is 0 Å². The van der Waals surface area contributed by atoms with Gasteiger partial charge < -0.3 is 20.1 Å². The van der Waals surface area contributed by atoms with Gasteiger partial charge in [0.25, 0.3) is 0 Å². The number of aromatic nitrogens is 2. The van der Waals surface area contributed by atoms with Crippen LogP contribution in [0.25, 0.3) is 22.3 Å². The Labute approximate surface area is 189 Å². The first-order chi connectivity index (χ1) is 15.5. The van der Waals surface area contributed by atoms with Crippen molar-refractivity contribution in [1.82, 2.24) is 15.3 Å². The number of hydrogen-bond acceptors (Lipinski definition) is 6. The molecule has 7 nitrogen and oxygen atoms in total. The van der Waals surface area contributed by atoms with E-state index in [4.69, 9.17) is 14.7 Å². The number of rotatable bonds is 6. The fourth-order valence-corrected chi connectivity index (χ4v) is 4.14. The van der Waals surface area contributed by atoms with Gasteiger partial charge in [-0.3, -0.25) is 0 Å². The van der Waals surface area contributed by atoms with Gasteiger partial charge in [0.15, 0.2) is 5.82 Å². The maximum atomic E-state index is 11.8. The van der Waals surface area contributed by atoms with Crippen molar-refractivity contribution < 1.29 is 16.1 Å². The van der Waals surface area contributed by atoms with Gasteiger partial charge in [-0.1, -0.05) is 25.1 Å². The lowest BCUT2D eigenvalue weighted by Gasteiger charge is -2.34. The van der Waals surface area contributed by atoms with Gasteiger partial charge in [-0.2, -0.15) is 0 Å². The molecule has 0 saturated carbocycles. The Morgan fingerprint density at radius 3 is 2.94 bits per heavy atom. The zero-order valence-corrected chi connectivity index (χ0v) is 18.7. The first kappa shape index (κ1) is 21.9. The molecule has 0 bridgehead atoms. The summed E-state index contributed by atoms with van der Waals surface area (Å²) in [6.07, 6.45) is 2.51. The van der Waals surface area contributed by atoms with Crippen molar-refractivity contribution in [2.24, 2.45) is 5.92 Å². The van der Waals surface area contributed by atoms with Gasteiger partial charge in [-0.05, 0) is 61.9 Å². The molecule has 3 aromatic rings. The fraction of sp³-hybridized carbons (Fsp3) is 0.400. The van der Waals surface area contributed by atoms with Gasteiger partial charge in [0.05, 0.1) is 17.7 Å². The molecular formula is C25H32N4O3. The van der Waals surface area contributed by atoms with E-state index in [1.165, 1.54) is 0 Å². The molecule has 0 radical (unpaired) electrons. The van der Waals surface area contributed by atoms with E-state index in [0.717, 1.165) is 54.6 Å². The van der Waals surface area contributed by atoms with Crippen LogP contribution >= 0.6 is 0 Å². The SMILES string of the molecule is CCCOC(=O)NC[C@@H]1CCCN(c2nc(-c3ccccc3O)nc3cc(C)ccc23)C1.[HH]. The number of amides is 1. The largest absolute Gasteiger partial charge is 0.507 e. The maximum Gasteiger partial charge on any atom is 0.407 e. The minimum atomic E-state index is -0.353. The zero-order chi connectivity index (χ0) is 22.5. The highest BCUT2D eigenvalue weighted by Crippen LogP contribution is 2.33. The first-order valence-corrected chi connectivity index (χ1v) is 11.3. The lowest BCUT2D eigenvalue weighted by molar-refractivity contribution is 0.144. The molecule has 0 spiro atoms. The van der Waals surface area contributed by atoms with Crippen LogP contribution in [0.2, 0.25) is 0 Å². The first-order valence-electron chi connectivity index (χ1n) is 11.3. The molecule has 1 aliphatic rings. The maximum absolute atomic E-state index is 11.8. The molecule has 4 rings (SSSR count). The summed E-state index contributed by atoms with van der Waals surface area (Å²) in [5.41, 5.74) is 2.60. The number of alkyl carbamates (subject to hydrolysis) is 1. The van der Waals surface area contributed by atoms with Crippen molar-refractivity contribution in [3.05, 3.63) is 48.0 Å². The lowest BCUT2D eigenvalue weighted by atomic mass is 9.97. The number of carbonyl (C=O) groups excluding carboxylic acids is 1.